The van der Waals surface area contributed by atoms with Crippen LogP contribution < -0.4 is 5.32 Å². The summed E-state index contributed by atoms with van der Waals surface area (Å²) < 4.78 is 5.18. The molecule has 0 atom stereocenters. The number of esters is 1. The van der Waals surface area contributed by atoms with E-state index >= 15 is 0 Å². The summed E-state index contributed by atoms with van der Waals surface area (Å²) >= 11 is 0. The van der Waals surface area contributed by atoms with Gasteiger partial charge in [0.2, 0.25) is 0 Å². The lowest BCUT2D eigenvalue weighted by Crippen LogP contribution is -2.12. The third kappa shape index (κ3) is 5.07. The maximum atomic E-state index is 12.5. The van der Waals surface area contributed by atoms with E-state index in [0.717, 1.165) is 24.0 Å². The fourth-order valence-electron chi connectivity index (χ4n) is 2.73. The normalized spacial score (nSPS) is 10.3. The van der Waals surface area contributed by atoms with E-state index in [1.807, 2.05) is 49.4 Å². The van der Waals surface area contributed by atoms with Gasteiger partial charge in [-0.1, -0.05) is 55.8 Å². The average molecular weight is 373 g/mol. The molecule has 3 aromatic carbocycles. The zero-order valence-corrected chi connectivity index (χ0v) is 15.9. The van der Waals surface area contributed by atoms with Crippen LogP contribution in [0.4, 0.5) is 5.69 Å². The summed E-state index contributed by atoms with van der Waals surface area (Å²) in [6.07, 6.45) is 1.83. The number of benzene rings is 3. The van der Waals surface area contributed by atoms with Gasteiger partial charge in [0.05, 0.1) is 12.2 Å². The monoisotopic (exact) mass is 373 g/mol. The van der Waals surface area contributed by atoms with Crippen LogP contribution in [0.25, 0.3) is 11.1 Å². The second-order valence-electron chi connectivity index (χ2n) is 6.46. The Hall–Kier alpha value is -3.40. The zero-order valence-electron chi connectivity index (χ0n) is 15.9. The number of unbranched alkanes of at least 4 members (excludes halogenated alkanes) is 1. The molecule has 1 amide bonds. The first kappa shape index (κ1) is 19.4. The molecule has 3 aromatic rings. The number of anilines is 1. The molecule has 4 heteroatoms. The lowest BCUT2D eigenvalue weighted by Gasteiger charge is -2.08. The summed E-state index contributed by atoms with van der Waals surface area (Å²) in [5.41, 5.74) is 3.84. The number of carbonyl (C=O) groups excluding carboxylic acids is 2. The smallest absolute Gasteiger partial charge is 0.338 e. The minimum absolute atomic E-state index is 0.196. The first-order valence-corrected chi connectivity index (χ1v) is 9.41. The van der Waals surface area contributed by atoms with Crippen molar-refractivity contribution in [3.05, 3.63) is 90.0 Å². The van der Waals surface area contributed by atoms with E-state index in [4.69, 9.17) is 4.74 Å². The molecule has 1 N–H and O–H groups in total. The van der Waals surface area contributed by atoms with E-state index < -0.39 is 0 Å². The third-order valence-electron chi connectivity index (χ3n) is 4.36. The molecular weight excluding hydrogens is 350 g/mol. The van der Waals surface area contributed by atoms with Gasteiger partial charge < -0.3 is 10.1 Å². The Morgan fingerprint density at radius 3 is 2.04 bits per heavy atom. The van der Waals surface area contributed by atoms with E-state index in [2.05, 4.69) is 5.32 Å². The Morgan fingerprint density at radius 1 is 0.786 bits per heavy atom. The molecule has 0 radical (unpaired) electrons. The highest BCUT2D eigenvalue weighted by Crippen LogP contribution is 2.20. The molecule has 0 aliphatic heterocycles. The van der Waals surface area contributed by atoms with Crippen molar-refractivity contribution in [2.45, 2.75) is 19.8 Å². The standard InChI is InChI=1S/C24H23NO3/c1-2-3-17-28-24(27)21-13-15-22(16-14-21)25-23(26)20-11-9-19(10-12-20)18-7-5-4-6-8-18/h4-16H,2-3,17H2,1H3,(H,25,26). The van der Waals surface area contributed by atoms with Gasteiger partial charge in [-0.3, -0.25) is 4.79 Å². The van der Waals surface area contributed by atoms with E-state index in [0.29, 0.717) is 23.4 Å². The molecule has 0 spiro atoms. The van der Waals surface area contributed by atoms with Crippen LogP contribution in [0.5, 0.6) is 0 Å². The van der Waals surface area contributed by atoms with Gasteiger partial charge >= 0.3 is 5.97 Å². The van der Waals surface area contributed by atoms with E-state index in [1.54, 1.807) is 36.4 Å². The van der Waals surface area contributed by atoms with Crippen molar-refractivity contribution in [1.82, 2.24) is 0 Å². The van der Waals surface area contributed by atoms with Gasteiger partial charge in [-0.2, -0.15) is 0 Å². The van der Waals surface area contributed by atoms with Crippen molar-refractivity contribution in [3.8, 4) is 11.1 Å². The summed E-state index contributed by atoms with van der Waals surface area (Å²) in [4.78, 5) is 24.4. The molecule has 0 bridgehead atoms. The predicted molar refractivity (Wildman–Crippen MR) is 111 cm³/mol. The van der Waals surface area contributed by atoms with E-state index in [1.165, 1.54) is 0 Å². The van der Waals surface area contributed by atoms with Gasteiger partial charge in [-0.25, -0.2) is 4.79 Å². The minimum Gasteiger partial charge on any atom is -0.462 e. The molecule has 3 rings (SSSR count). The van der Waals surface area contributed by atoms with Gasteiger partial charge in [0, 0.05) is 11.3 Å². The van der Waals surface area contributed by atoms with Crippen LogP contribution in [0.3, 0.4) is 0 Å². The van der Waals surface area contributed by atoms with E-state index in [9.17, 15) is 9.59 Å². The number of carbonyl (C=O) groups is 2. The predicted octanol–water partition coefficient (Wildman–Crippen LogP) is 5.56. The number of nitrogens with one attached hydrogen (secondary N) is 1. The minimum atomic E-state index is -0.345. The van der Waals surface area contributed by atoms with Crippen LogP contribution in [0.1, 0.15) is 40.5 Å². The van der Waals surface area contributed by atoms with Crippen LogP contribution in [0.2, 0.25) is 0 Å². The average Bonchev–Trinajstić information content (AvgIpc) is 2.75. The SMILES string of the molecule is CCCCOC(=O)c1ccc(NC(=O)c2ccc(-c3ccccc3)cc2)cc1. The van der Waals surface area contributed by atoms with Crippen molar-refractivity contribution >= 4 is 17.6 Å². The quantitative estimate of drug-likeness (QED) is 0.435. The highest BCUT2D eigenvalue weighted by molar-refractivity contribution is 6.04. The van der Waals surface area contributed by atoms with Crippen LogP contribution in [0.15, 0.2) is 78.9 Å². The number of ether oxygens (including phenoxy) is 1. The number of hydrogen-bond acceptors (Lipinski definition) is 3. The Morgan fingerprint density at radius 2 is 1.39 bits per heavy atom. The number of rotatable bonds is 7. The van der Waals surface area contributed by atoms with Crippen molar-refractivity contribution in [2.75, 3.05) is 11.9 Å². The molecule has 4 nitrogen and oxygen atoms in total. The topological polar surface area (TPSA) is 55.4 Å². The Balaban J connectivity index is 1.60. The molecule has 0 saturated carbocycles. The Kier molecular flexibility index (Phi) is 6.58. The Labute approximate surface area is 165 Å². The van der Waals surface area contributed by atoms with Crippen LogP contribution >= 0.6 is 0 Å². The van der Waals surface area contributed by atoms with Crippen LogP contribution in [-0.4, -0.2) is 18.5 Å². The van der Waals surface area contributed by atoms with Crippen molar-refractivity contribution in [3.63, 3.8) is 0 Å². The lowest BCUT2D eigenvalue weighted by molar-refractivity contribution is 0.0499. The van der Waals surface area contributed by atoms with Gasteiger partial charge in [0.1, 0.15) is 0 Å². The maximum absolute atomic E-state index is 12.5. The highest BCUT2D eigenvalue weighted by atomic mass is 16.5. The van der Waals surface area contributed by atoms with Crippen molar-refractivity contribution < 1.29 is 14.3 Å². The molecule has 0 fully saturated rings. The first-order valence-electron chi connectivity index (χ1n) is 9.41. The largest absolute Gasteiger partial charge is 0.462 e. The van der Waals surface area contributed by atoms with Gasteiger partial charge in [0.15, 0.2) is 0 Å². The fourth-order valence-corrected chi connectivity index (χ4v) is 2.73. The second kappa shape index (κ2) is 9.51. The van der Waals surface area contributed by atoms with Crippen LogP contribution in [-0.2, 0) is 4.74 Å². The maximum Gasteiger partial charge on any atom is 0.338 e. The molecule has 28 heavy (non-hydrogen) atoms. The molecular formula is C24H23NO3. The van der Waals surface area contributed by atoms with E-state index in [-0.39, 0.29) is 11.9 Å². The van der Waals surface area contributed by atoms with Crippen molar-refractivity contribution in [1.29, 1.82) is 0 Å². The molecule has 142 valence electrons. The highest BCUT2D eigenvalue weighted by Gasteiger charge is 2.09. The number of amides is 1. The van der Waals surface area contributed by atoms with Crippen molar-refractivity contribution in [2.24, 2.45) is 0 Å². The second-order valence-corrected chi connectivity index (χ2v) is 6.46. The molecule has 0 heterocycles. The Bertz CT molecular complexity index is 916. The fraction of sp³-hybridized carbons (Fsp3) is 0.167. The first-order chi connectivity index (χ1) is 13.7. The van der Waals surface area contributed by atoms with Crippen LogP contribution in [0, 0.1) is 0 Å². The molecule has 0 aliphatic rings. The number of hydrogen-bond donors (Lipinski definition) is 1. The summed E-state index contributed by atoms with van der Waals surface area (Å²) in [6.45, 7) is 2.47. The summed E-state index contributed by atoms with van der Waals surface area (Å²) in [5.74, 6) is -0.541. The van der Waals surface area contributed by atoms with Gasteiger partial charge in [-0.05, 0) is 53.9 Å². The summed E-state index contributed by atoms with van der Waals surface area (Å²) in [6, 6.07) is 24.2. The summed E-state index contributed by atoms with van der Waals surface area (Å²) in [7, 11) is 0. The molecule has 0 unspecified atom stereocenters. The third-order valence-corrected chi connectivity index (χ3v) is 4.36. The summed E-state index contributed by atoms with van der Waals surface area (Å²) in [5, 5.41) is 2.84. The lowest BCUT2D eigenvalue weighted by atomic mass is 10.0. The molecule has 0 aromatic heterocycles. The zero-order chi connectivity index (χ0) is 19.8. The molecule has 0 saturated heterocycles. The molecule has 0 aliphatic carbocycles. The van der Waals surface area contributed by atoms with Gasteiger partial charge in [0.25, 0.3) is 5.91 Å². The van der Waals surface area contributed by atoms with Gasteiger partial charge in [-0.15, -0.1) is 0 Å².